The molecule has 0 aromatic heterocycles. The van der Waals surface area contributed by atoms with Gasteiger partial charge in [-0.15, -0.1) is 0 Å². The largest absolute Gasteiger partial charge is 0.508 e. The van der Waals surface area contributed by atoms with Crippen LogP contribution < -0.4 is 5.32 Å². The Morgan fingerprint density at radius 1 is 1.40 bits per heavy atom. The summed E-state index contributed by atoms with van der Waals surface area (Å²) in [7, 11) is 0. The Labute approximate surface area is 97.6 Å². The van der Waals surface area contributed by atoms with E-state index >= 15 is 0 Å². The van der Waals surface area contributed by atoms with Crippen molar-refractivity contribution in [2.75, 3.05) is 6.54 Å². The quantitative estimate of drug-likeness (QED) is 0.789. The molecule has 3 N–H and O–H groups in total. The zero-order valence-electron chi connectivity index (χ0n) is 8.50. The van der Waals surface area contributed by atoms with Gasteiger partial charge in [-0.2, -0.15) is 0 Å². The summed E-state index contributed by atoms with van der Waals surface area (Å²) in [6.07, 6.45) is 0. The van der Waals surface area contributed by atoms with Crippen LogP contribution in [0.15, 0.2) is 29.3 Å². The maximum absolute atomic E-state index is 9.31. The molecule has 0 aliphatic heterocycles. The Morgan fingerprint density at radius 2 is 1.93 bits per heavy atom. The average Bonchev–Trinajstić information content (AvgIpc) is 2.12. The normalized spacial score (nSPS) is 12.4. The van der Waals surface area contributed by atoms with Crippen LogP contribution in [0, 0.1) is 0 Å². The first kappa shape index (κ1) is 12.1. The van der Waals surface area contributed by atoms with Gasteiger partial charge in [0.15, 0.2) is 0 Å². The minimum Gasteiger partial charge on any atom is -0.508 e. The van der Waals surface area contributed by atoms with Crippen LogP contribution in [-0.4, -0.2) is 16.8 Å². The first-order valence-corrected chi connectivity index (χ1v) is 5.38. The van der Waals surface area contributed by atoms with Crippen molar-refractivity contribution in [2.24, 2.45) is 0 Å². The van der Waals surface area contributed by atoms with Crippen LogP contribution in [0.3, 0.4) is 0 Å². The fourth-order valence-electron chi connectivity index (χ4n) is 1.25. The number of hydrogen-bond acceptors (Lipinski definition) is 3. The van der Waals surface area contributed by atoms with Gasteiger partial charge in [-0.3, -0.25) is 0 Å². The summed E-state index contributed by atoms with van der Waals surface area (Å²) in [5, 5.41) is 21.8. The number of phenols is 2. The van der Waals surface area contributed by atoms with Crippen LogP contribution in [0.2, 0.25) is 0 Å². The molecule has 0 aliphatic rings. The molecular formula is C11H14BrNO2. The van der Waals surface area contributed by atoms with Crippen molar-refractivity contribution in [3.8, 4) is 11.5 Å². The molecule has 0 saturated carbocycles. The SMILES string of the molecule is C=C(Br)CNC(C)c1cc(O)cc(O)c1. The second-order valence-corrected chi connectivity index (χ2v) is 4.52. The van der Waals surface area contributed by atoms with E-state index in [2.05, 4.69) is 27.8 Å². The van der Waals surface area contributed by atoms with Crippen LogP contribution in [0.1, 0.15) is 18.5 Å². The highest BCUT2D eigenvalue weighted by molar-refractivity contribution is 9.11. The van der Waals surface area contributed by atoms with Gasteiger partial charge >= 0.3 is 0 Å². The number of rotatable bonds is 4. The number of phenolic OH excluding ortho intramolecular Hbond substituents is 2. The van der Waals surface area contributed by atoms with Gasteiger partial charge in [-0.1, -0.05) is 22.5 Å². The van der Waals surface area contributed by atoms with E-state index in [1.165, 1.54) is 6.07 Å². The minimum atomic E-state index is 0.0392. The summed E-state index contributed by atoms with van der Waals surface area (Å²) in [6.45, 7) is 6.30. The lowest BCUT2D eigenvalue weighted by molar-refractivity contribution is 0.446. The molecule has 1 aromatic carbocycles. The molecule has 0 amide bonds. The predicted octanol–water partition coefficient (Wildman–Crippen LogP) is 2.66. The number of nitrogens with one attached hydrogen (secondary N) is 1. The van der Waals surface area contributed by atoms with Crippen molar-refractivity contribution >= 4 is 15.9 Å². The number of benzene rings is 1. The van der Waals surface area contributed by atoms with Crippen LogP contribution in [0.5, 0.6) is 11.5 Å². The summed E-state index contributed by atoms with van der Waals surface area (Å²) in [6, 6.07) is 4.58. The van der Waals surface area contributed by atoms with Gasteiger partial charge in [0.2, 0.25) is 0 Å². The van der Waals surface area contributed by atoms with E-state index in [1.807, 2.05) is 6.92 Å². The first-order chi connectivity index (χ1) is 6.99. The second kappa shape index (κ2) is 5.19. The molecule has 0 radical (unpaired) electrons. The van der Waals surface area contributed by atoms with Crippen molar-refractivity contribution in [3.05, 3.63) is 34.8 Å². The van der Waals surface area contributed by atoms with E-state index in [1.54, 1.807) is 12.1 Å². The van der Waals surface area contributed by atoms with Crippen LogP contribution in [0.4, 0.5) is 0 Å². The molecular weight excluding hydrogens is 258 g/mol. The summed E-state index contributed by atoms with van der Waals surface area (Å²) >= 11 is 3.25. The topological polar surface area (TPSA) is 52.5 Å². The molecule has 82 valence electrons. The Bertz CT molecular complexity index is 345. The zero-order valence-corrected chi connectivity index (χ0v) is 10.1. The van der Waals surface area contributed by atoms with Gasteiger partial charge in [-0.25, -0.2) is 0 Å². The van der Waals surface area contributed by atoms with Gasteiger partial charge in [-0.05, 0) is 24.6 Å². The smallest absolute Gasteiger partial charge is 0.119 e. The molecule has 1 atom stereocenters. The maximum Gasteiger partial charge on any atom is 0.119 e. The molecule has 1 unspecified atom stereocenters. The lowest BCUT2D eigenvalue weighted by atomic mass is 10.1. The average molecular weight is 272 g/mol. The molecule has 0 aliphatic carbocycles. The second-order valence-electron chi connectivity index (χ2n) is 3.40. The molecule has 0 spiro atoms. The Kier molecular flexibility index (Phi) is 4.17. The predicted molar refractivity (Wildman–Crippen MR) is 64.3 cm³/mol. The molecule has 1 rings (SSSR count). The van der Waals surface area contributed by atoms with E-state index in [0.717, 1.165) is 10.0 Å². The summed E-state index contributed by atoms with van der Waals surface area (Å²) in [4.78, 5) is 0. The van der Waals surface area contributed by atoms with Crippen molar-refractivity contribution < 1.29 is 10.2 Å². The number of aromatic hydroxyl groups is 2. The highest BCUT2D eigenvalue weighted by atomic mass is 79.9. The van der Waals surface area contributed by atoms with E-state index in [-0.39, 0.29) is 17.5 Å². The third kappa shape index (κ3) is 3.93. The lowest BCUT2D eigenvalue weighted by Crippen LogP contribution is -2.19. The van der Waals surface area contributed by atoms with Gasteiger partial charge in [0, 0.05) is 23.1 Å². The number of halogens is 1. The molecule has 15 heavy (non-hydrogen) atoms. The molecule has 0 bridgehead atoms. The summed E-state index contributed by atoms with van der Waals surface area (Å²) < 4.78 is 0.860. The molecule has 4 heteroatoms. The highest BCUT2D eigenvalue weighted by Gasteiger charge is 2.07. The fraction of sp³-hybridized carbons (Fsp3) is 0.273. The molecule has 3 nitrogen and oxygen atoms in total. The standard InChI is InChI=1S/C11H14BrNO2/c1-7(12)6-13-8(2)9-3-10(14)5-11(15)4-9/h3-5,8,13-15H,1,6H2,2H3. The Hall–Kier alpha value is -1.00. The van der Waals surface area contributed by atoms with Crippen molar-refractivity contribution in [3.63, 3.8) is 0 Å². The van der Waals surface area contributed by atoms with Crippen molar-refractivity contribution in [1.29, 1.82) is 0 Å². The van der Waals surface area contributed by atoms with Crippen molar-refractivity contribution in [1.82, 2.24) is 5.32 Å². The van der Waals surface area contributed by atoms with Crippen LogP contribution >= 0.6 is 15.9 Å². The Morgan fingerprint density at radius 3 is 2.40 bits per heavy atom. The van der Waals surface area contributed by atoms with Crippen molar-refractivity contribution in [2.45, 2.75) is 13.0 Å². The summed E-state index contributed by atoms with van der Waals surface area (Å²) in [5.41, 5.74) is 0.834. The van der Waals surface area contributed by atoms with E-state index in [4.69, 9.17) is 0 Å². The Balaban J connectivity index is 2.72. The molecule has 0 heterocycles. The third-order valence-corrected chi connectivity index (χ3v) is 2.31. The highest BCUT2D eigenvalue weighted by Crippen LogP contribution is 2.24. The summed E-state index contributed by atoms with van der Waals surface area (Å²) in [5.74, 6) is 0.132. The van der Waals surface area contributed by atoms with Crippen LogP contribution in [-0.2, 0) is 0 Å². The molecule has 0 fully saturated rings. The van der Waals surface area contributed by atoms with Gasteiger partial charge < -0.3 is 15.5 Å². The van der Waals surface area contributed by atoms with E-state index < -0.39 is 0 Å². The fourth-order valence-corrected chi connectivity index (χ4v) is 1.41. The van der Waals surface area contributed by atoms with Gasteiger partial charge in [0.1, 0.15) is 11.5 Å². The van der Waals surface area contributed by atoms with E-state index in [0.29, 0.717) is 6.54 Å². The van der Waals surface area contributed by atoms with Gasteiger partial charge in [0.05, 0.1) is 0 Å². The minimum absolute atomic E-state index is 0.0392. The molecule has 0 saturated heterocycles. The monoisotopic (exact) mass is 271 g/mol. The molecule has 1 aromatic rings. The lowest BCUT2D eigenvalue weighted by Gasteiger charge is -2.14. The number of hydrogen-bond donors (Lipinski definition) is 3. The third-order valence-electron chi connectivity index (χ3n) is 2.02. The first-order valence-electron chi connectivity index (χ1n) is 4.58. The maximum atomic E-state index is 9.31. The van der Waals surface area contributed by atoms with E-state index in [9.17, 15) is 10.2 Å². The van der Waals surface area contributed by atoms with Crippen LogP contribution in [0.25, 0.3) is 0 Å². The van der Waals surface area contributed by atoms with Gasteiger partial charge in [0.25, 0.3) is 0 Å². The zero-order chi connectivity index (χ0) is 11.4.